The van der Waals surface area contributed by atoms with Crippen LogP contribution in [0.3, 0.4) is 0 Å². The number of rotatable bonds is 5. The number of likely N-dealkylation sites (tertiary alicyclic amines) is 1. The third-order valence-corrected chi connectivity index (χ3v) is 6.48. The lowest BCUT2D eigenvalue weighted by atomic mass is 10.1. The Morgan fingerprint density at radius 1 is 0.909 bits per heavy atom. The number of piperidine rings is 1. The second-order valence-electron chi connectivity index (χ2n) is 8.73. The van der Waals surface area contributed by atoms with Crippen LogP contribution in [0.5, 0.6) is 5.75 Å². The summed E-state index contributed by atoms with van der Waals surface area (Å²) >= 11 is 0. The molecule has 0 aliphatic carbocycles. The van der Waals surface area contributed by atoms with E-state index in [1.54, 1.807) is 0 Å². The minimum atomic E-state index is -0.542. The lowest BCUT2D eigenvalue weighted by Crippen LogP contribution is -2.51. The Hall–Kier alpha value is -3.54. The normalized spacial score (nSPS) is 17.9. The molecule has 5 rings (SSSR count). The van der Waals surface area contributed by atoms with Gasteiger partial charge in [-0.3, -0.25) is 9.59 Å². The molecule has 3 aromatic rings. The number of amides is 2. The molecular formula is C27H29N3O3. The Balaban J connectivity index is 1.27. The number of para-hydroxylation sites is 2. The predicted octanol–water partition coefficient (Wildman–Crippen LogP) is 4.45. The van der Waals surface area contributed by atoms with Crippen LogP contribution in [0.4, 0.5) is 11.4 Å². The van der Waals surface area contributed by atoms with E-state index >= 15 is 0 Å². The van der Waals surface area contributed by atoms with Gasteiger partial charge in [-0.05, 0) is 42.8 Å². The number of fused-ring (bicyclic) bond motifs is 2. The van der Waals surface area contributed by atoms with Gasteiger partial charge in [0, 0.05) is 37.1 Å². The second kappa shape index (κ2) is 9.53. The molecule has 1 atom stereocenters. The number of anilines is 2. The number of hydrogen-bond donors (Lipinski definition) is 1. The SMILES string of the molecule is O=C(CCN1CC(C(=O)N2CCCCC2)Oc2ccccc21)Nc1cccc2ccccc12. The van der Waals surface area contributed by atoms with Gasteiger partial charge in [0.05, 0.1) is 12.2 Å². The van der Waals surface area contributed by atoms with E-state index in [2.05, 4.69) is 10.2 Å². The fourth-order valence-electron chi connectivity index (χ4n) is 4.75. The van der Waals surface area contributed by atoms with E-state index in [0.717, 1.165) is 48.1 Å². The van der Waals surface area contributed by atoms with Crippen molar-refractivity contribution in [3.8, 4) is 5.75 Å². The molecule has 0 saturated carbocycles. The number of carbonyl (C=O) groups excluding carboxylic acids is 2. The van der Waals surface area contributed by atoms with Crippen molar-refractivity contribution in [2.75, 3.05) is 36.4 Å². The zero-order valence-corrected chi connectivity index (χ0v) is 18.7. The fourth-order valence-corrected chi connectivity index (χ4v) is 4.75. The van der Waals surface area contributed by atoms with Crippen molar-refractivity contribution in [1.82, 2.24) is 4.90 Å². The summed E-state index contributed by atoms with van der Waals surface area (Å²) in [7, 11) is 0. The van der Waals surface area contributed by atoms with Crippen molar-refractivity contribution in [3.05, 3.63) is 66.7 Å². The number of nitrogens with one attached hydrogen (secondary N) is 1. The standard InChI is InChI=1S/C27H29N3O3/c31-26(28-22-12-8-10-20-9-2-3-11-21(20)22)15-18-30-19-25(27(32)29-16-6-1-7-17-29)33-24-14-5-4-13-23(24)30/h2-5,8-14,25H,1,6-7,15-19H2,(H,28,31). The molecule has 2 amide bonds. The van der Waals surface area contributed by atoms with Crippen LogP contribution in [0, 0.1) is 0 Å². The molecule has 1 fully saturated rings. The third kappa shape index (κ3) is 4.65. The number of ether oxygens (including phenoxy) is 1. The van der Waals surface area contributed by atoms with Crippen LogP contribution < -0.4 is 15.0 Å². The van der Waals surface area contributed by atoms with Crippen molar-refractivity contribution in [2.24, 2.45) is 0 Å². The first-order valence-corrected chi connectivity index (χ1v) is 11.8. The van der Waals surface area contributed by atoms with Gasteiger partial charge in [0.15, 0.2) is 6.10 Å². The quantitative estimate of drug-likeness (QED) is 0.633. The molecule has 0 aromatic heterocycles. The number of hydrogen-bond acceptors (Lipinski definition) is 4. The molecule has 2 aliphatic rings. The van der Waals surface area contributed by atoms with Crippen LogP contribution in [-0.4, -0.2) is 49.0 Å². The van der Waals surface area contributed by atoms with Gasteiger partial charge >= 0.3 is 0 Å². The van der Waals surface area contributed by atoms with E-state index in [-0.39, 0.29) is 11.8 Å². The van der Waals surface area contributed by atoms with Crippen molar-refractivity contribution in [2.45, 2.75) is 31.8 Å². The Morgan fingerprint density at radius 3 is 2.55 bits per heavy atom. The molecule has 2 heterocycles. The summed E-state index contributed by atoms with van der Waals surface area (Å²) < 4.78 is 6.09. The van der Waals surface area contributed by atoms with E-state index in [9.17, 15) is 9.59 Å². The van der Waals surface area contributed by atoms with Crippen LogP contribution in [0.2, 0.25) is 0 Å². The molecule has 2 aliphatic heterocycles. The summed E-state index contributed by atoms with van der Waals surface area (Å²) in [5.41, 5.74) is 1.75. The molecule has 0 bridgehead atoms. The highest BCUT2D eigenvalue weighted by Gasteiger charge is 2.34. The van der Waals surface area contributed by atoms with Crippen molar-refractivity contribution < 1.29 is 14.3 Å². The lowest BCUT2D eigenvalue weighted by molar-refractivity contribution is -0.139. The molecule has 0 radical (unpaired) electrons. The Kier molecular flexibility index (Phi) is 6.15. The maximum Gasteiger partial charge on any atom is 0.265 e. The van der Waals surface area contributed by atoms with E-state index in [4.69, 9.17) is 4.74 Å². The number of nitrogens with zero attached hydrogens (tertiary/aromatic N) is 2. The zero-order valence-electron chi connectivity index (χ0n) is 18.7. The highest BCUT2D eigenvalue weighted by molar-refractivity contribution is 6.02. The van der Waals surface area contributed by atoms with Gasteiger partial charge in [-0.2, -0.15) is 0 Å². The lowest BCUT2D eigenvalue weighted by Gasteiger charge is -2.38. The summed E-state index contributed by atoms with van der Waals surface area (Å²) in [6, 6.07) is 21.7. The Bertz CT molecular complexity index is 1150. The molecule has 170 valence electrons. The van der Waals surface area contributed by atoms with Crippen LogP contribution in [0.15, 0.2) is 66.7 Å². The van der Waals surface area contributed by atoms with Gasteiger partial charge < -0.3 is 19.9 Å². The maximum atomic E-state index is 13.1. The highest BCUT2D eigenvalue weighted by atomic mass is 16.5. The van der Waals surface area contributed by atoms with E-state index in [1.807, 2.05) is 71.6 Å². The van der Waals surface area contributed by atoms with Crippen molar-refractivity contribution >= 4 is 34.0 Å². The molecule has 0 spiro atoms. The largest absolute Gasteiger partial charge is 0.477 e. The van der Waals surface area contributed by atoms with E-state index in [0.29, 0.717) is 25.3 Å². The van der Waals surface area contributed by atoms with Crippen LogP contribution >= 0.6 is 0 Å². The molecule has 3 aromatic carbocycles. The van der Waals surface area contributed by atoms with E-state index < -0.39 is 6.10 Å². The Morgan fingerprint density at radius 2 is 1.67 bits per heavy atom. The van der Waals surface area contributed by atoms with Gasteiger partial charge in [0.25, 0.3) is 5.91 Å². The summed E-state index contributed by atoms with van der Waals surface area (Å²) in [5, 5.41) is 5.18. The average Bonchev–Trinajstić information content (AvgIpc) is 2.87. The summed E-state index contributed by atoms with van der Waals surface area (Å²) in [6.07, 6.45) is 3.05. The Labute approximate surface area is 194 Å². The molecule has 1 saturated heterocycles. The van der Waals surface area contributed by atoms with Gasteiger partial charge in [0.1, 0.15) is 5.75 Å². The van der Waals surface area contributed by atoms with Crippen LogP contribution in [0.1, 0.15) is 25.7 Å². The van der Waals surface area contributed by atoms with Gasteiger partial charge in [-0.25, -0.2) is 0 Å². The smallest absolute Gasteiger partial charge is 0.265 e. The molecule has 1 N–H and O–H groups in total. The van der Waals surface area contributed by atoms with Gasteiger partial charge in [-0.1, -0.05) is 48.5 Å². The maximum absolute atomic E-state index is 13.1. The second-order valence-corrected chi connectivity index (χ2v) is 8.73. The monoisotopic (exact) mass is 443 g/mol. The van der Waals surface area contributed by atoms with Gasteiger partial charge in [-0.15, -0.1) is 0 Å². The summed E-state index contributed by atoms with van der Waals surface area (Å²) in [6.45, 7) is 2.57. The highest BCUT2D eigenvalue weighted by Crippen LogP contribution is 2.34. The first kappa shape index (κ1) is 21.3. The van der Waals surface area contributed by atoms with Crippen molar-refractivity contribution in [1.29, 1.82) is 0 Å². The third-order valence-electron chi connectivity index (χ3n) is 6.48. The number of carbonyl (C=O) groups is 2. The molecule has 33 heavy (non-hydrogen) atoms. The number of benzene rings is 3. The zero-order chi connectivity index (χ0) is 22.6. The van der Waals surface area contributed by atoms with Crippen molar-refractivity contribution in [3.63, 3.8) is 0 Å². The topological polar surface area (TPSA) is 61.9 Å². The molecular weight excluding hydrogens is 414 g/mol. The van der Waals surface area contributed by atoms with Crippen LogP contribution in [0.25, 0.3) is 10.8 Å². The average molecular weight is 444 g/mol. The summed E-state index contributed by atoms with van der Waals surface area (Å²) in [4.78, 5) is 30.0. The minimum Gasteiger partial charge on any atom is -0.477 e. The molecule has 6 heteroatoms. The fraction of sp³-hybridized carbons (Fsp3) is 0.333. The summed E-state index contributed by atoms with van der Waals surface area (Å²) in [5.74, 6) is 0.706. The van der Waals surface area contributed by atoms with E-state index in [1.165, 1.54) is 6.42 Å². The van der Waals surface area contributed by atoms with Gasteiger partial charge in [0.2, 0.25) is 5.91 Å². The first-order valence-electron chi connectivity index (χ1n) is 11.8. The van der Waals surface area contributed by atoms with Crippen LogP contribution in [-0.2, 0) is 9.59 Å². The molecule has 1 unspecified atom stereocenters. The predicted molar refractivity (Wildman–Crippen MR) is 131 cm³/mol. The first-order chi connectivity index (χ1) is 16.2. The molecule has 6 nitrogen and oxygen atoms in total. The minimum absolute atomic E-state index is 0.0470.